The molecule has 0 aliphatic carbocycles. The summed E-state index contributed by atoms with van der Waals surface area (Å²) in [6.07, 6.45) is 3.65. The van der Waals surface area contributed by atoms with Gasteiger partial charge in [-0.05, 0) is 6.42 Å². The minimum atomic E-state index is -0.274. The van der Waals surface area contributed by atoms with Crippen molar-refractivity contribution in [1.82, 2.24) is 14.6 Å². The molecule has 7 heteroatoms. The Morgan fingerprint density at radius 3 is 3.12 bits per heavy atom. The maximum absolute atomic E-state index is 11.6. The van der Waals surface area contributed by atoms with Gasteiger partial charge in [0.1, 0.15) is 6.33 Å². The van der Waals surface area contributed by atoms with Crippen molar-refractivity contribution < 1.29 is 9.47 Å². The van der Waals surface area contributed by atoms with Crippen molar-refractivity contribution in [1.29, 1.82) is 0 Å². The van der Waals surface area contributed by atoms with E-state index in [1.807, 2.05) is 0 Å². The fourth-order valence-corrected chi connectivity index (χ4v) is 1.62. The van der Waals surface area contributed by atoms with Gasteiger partial charge in [-0.15, -0.1) is 11.6 Å². The molecule has 0 saturated carbocycles. The first-order valence-corrected chi connectivity index (χ1v) is 5.63. The summed E-state index contributed by atoms with van der Waals surface area (Å²) in [6, 6.07) is 0. The van der Waals surface area contributed by atoms with E-state index in [2.05, 4.69) is 10.1 Å². The van der Waals surface area contributed by atoms with Crippen LogP contribution in [0.3, 0.4) is 0 Å². The number of hydrogen-bond acceptors (Lipinski definition) is 4. The number of nitrogens with zero attached hydrogens (tertiary/aromatic N) is 2. The Labute approximate surface area is 102 Å². The monoisotopic (exact) mass is 257 g/mol. The average molecular weight is 258 g/mol. The number of alkyl halides is 1. The molecule has 0 atom stereocenters. The molecule has 2 rings (SSSR count). The predicted octanol–water partition coefficient (Wildman–Crippen LogP) is 1.04. The molecule has 0 spiro atoms. The first kappa shape index (κ1) is 11.8. The largest absolute Gasteiger partial charge is 0.491 e. The zero-order valence-corrected chi connectivity index (χ0v) is 10.0. The SMILES string of the molecule is COc1c(OCCCCl)cn2nc[nH]c(=O)c12. The normalized spacial score (nSPS) is 10.7. The molecule has 0 aromatic carbocycles. The number of nitrogens with one attached hydrogen (secondary N) is 1. The van der Waals surface area contributed by atoms with E-state index in [0.717, 1.165) is 6.42 Å². The Balaban J connectivity index is 2.42. The number of methoxy groups -OCH3 is 1. The van der Waals surface area contributed by atoms with Crippen LogP contribution in [0, 0.1) is 0 Å². The van der Waals surface area contributed by atoms with E-state index >= 15 is 0 Å². The number of aromatic nitrogens is 3. The molecule has 1 N–H and O–H groups in total. The quantitative estimate of drug-likeness (QED) is 0.642. The molecule has 6 nitrogen and oxygen atoms in total. The van der Waals surface area contributed by atoms with Crippen LogP contribution in [0.5, 0.6) is 11.5 Å². The summed E-state index contributed by atoms with van der Waals surface area (Å²) in [5.74, 6) is 1.39. The molecule has 0 aliphatic heterocycles. The number of ether oxygens (including phenoxy) is 2. The Kier molecular flexibility index (Phi) is 3.53. The van der Waals surface area contributed by atoms with Crippen LogP contribution in [0.1, 0.15) is 6.42 Å². The molecular formula is C10H12ClN3O3. The van der Waals surface area contributed by atoms with Crippen LogP contribution < -0.4 is 15.0 Å². The van der Waals surface area contributed by atoms with E-state index in [-0.39, 0.29) is 5.56 Å². The van der Waals surface area contributed by atoms with E-state index in [1.54, 1.807) is 6.20 Å². The van der Waals surface area contributed by atoms with Crippen LogP contribution in [0.2, 0.25) is 0 Å². The van der Waals surface area contributed by atoms with Gasteiger partial charge in [0.05, 0.1) is 19.9 Å². The molecule has 17 heavy (non-hydrogen) atoms. The first-order chi connectivity index (χ1) is 8.27. The summed E-state index contributed by atoms with van der Waals surface area (Å²) in [5.41, 5.74) is 0.0555. The van der Waals surface area contributed by atoms with Crippen LogP contribution in [-0.2, 0) is 0 Å². The highest BCUT2D eigenvalue weighted by Gasteiger charge is 2.16. The highest BCUT2D eigenvalue weighted by Crippen LogP contribution is 2.31. The Bertz CT molecular complexity index is 563. The Morgan fingerprint density at radius 1 is 1.59 bits per heavy atom. The third kappa shape index (κ3) is 2.21. The summed E-state index contributed by atoms with van der Waals surface area (Å²) in [7, 11) is 1.48. The van der Waals surface area contributed by atoms with Gasteiger partial charge in [0.2, 0.25) is 0 Å². The van der Waals surface area contributed by atoms with Crippen LogP contribution in [-0.4, -0.2) is 34.2 Å². The number of hydrogen-bond donors (Lipinski definition) is 1. The average Bonchev–Trinajstić information content (AvgIpc) is 2.68. The lowest BCUT2D eigenvalue weighted by molar-refractivity contribution is 0.298. The molecule has 2 aromatic rings. The molecule has 0 aliphatic rings. The van der Waals surface area contributed by atoms with Crippen LogP contribution in [0.25, 0.3) is 5.52 Å². The van der Waals surface area contributed by atoms with Crippen molar-refractivity contribution in [3.05, 3.63) is 22.9 Å². The lowest BCUT2D eigenvalue weighted by atomic mass is 10.4. The second-order valence-electron chi connectivity index (χ2n) is 3.33. The van der Waals surface area contributed by atoms with Crippen molar-refractivity contribution in [3.63, 3.8) is 0 Å². The van der Waals surface area contributed by atoms with Gasteiger partial charge in [0, 0.05) is 5.88 Å². The standard InChI is InChI=1S/C10H12ClN3O3/c1-16-9-7(17-4-2-3-11)5-14-8(9)10(15)12-6-13-14/h5-6H,2-4H2,1H3,(H,12,13,15). The summed E-state index contributed by atoms with van der Waals surface area (Å²) in [6.45, 7) is 0.467. The Hall–Kier alpha value is -1.69. The smallest absolute Gasteiger partial charge is 0.279 e. The molecule has 2 aromatic heterocycles. The van der Waals surface area contributed by atoms with E-state index < -0.39 is 0 Å². The molecule has 92 valence electrons. The maximum atomic E-state index is 11.6. The van der Waals surface area contributed by atoms with Crippen molar-refractivity contribution in [3.8, 4) is 11.5 Å². The minimum absolute atomic E-state index is 0.274. The maximum Gasteiger partial charge on any atom is 0.279 e. The highest BCUT2D eigenvalue weighted by molar-refractivity contribution is 6.17. The lowest BCUT2D eigenvalue weighted by Gasteiger charge is -2.04. The topological polar surface area (TPSA) is 68.6 Å². The van der Waals surface area contributed by atoms with Crippen molar-refractivity contribution in [2.45, 2.75) is 6.42 Å². The van der Waals surface area contributed by atoms with Crippen molar-refractivity contribution >= 4 is 17.1 Å². The molecule has 0 bridgehead atoms. The minimum Gasteiger partial charge on any atom is -0.491 e. The van der Waals surface area contributed by atoms with E-state index in [1.165, 1.54) is 18.0 Å². The van der Waals surface area contributed by atoms with Gasteiger partial charge in [-0.2, -0.15) is 5.10 Å². The van der Waals surface area contributed by atoms with E-state index in [0.29, 0.717) is 29.5 Å². The third-order valence-corrected chi connectivity index (χ3v) is 2.51. The molecular weight excluding hydrogens is 246 g/mol. The second kappa shape index (κ2) is 5.09. The third-order valence-electron chi connectivity index (χ3n) is 2.24. The van der Waals surface area contributed by atoms with Gasteiger partial charge < -0.3 is 14.5 Å². The fourth-order valence-electron chi connectivity index (χ4n) is 1.51. The zero-order valence-electron chi connectivity index (χ0n) is 9.27. The second-order valence-corrected chi connectivity index (χ2v) is 3.71. The van der Waals surface area contributed by atoms with E-state index in [9.17, 15) is 4.79 Å². The number of fused-ring (bicyclic) bond motifs is 1. The summed E-state index contributed by atoms with van der Waals surface area (Å²) >= 11 is 5.56. The molecule has 2 heterocycles. The number of rotatable bonds is 5. The Morgan fingerprint density at radius 2 is 2.41 bits per heavy atom. The fraction of sp³-hybridized carbons (Fsp3) is 0.400. The molecule has 0 unspecified atom stereocenters. The van der Waals surface area contributed by atoms with E-state index in [4.69, 9.17) is 21.1 Å². The van der Waals surface area contributed by atoms with Crippen molar-refractivity contribution in [2.24, 2.45) is 0 Å². The summed E-state index contributed by atoms with van der Waals surface area (Å²) in [5, 5.41) is 3.97. The van der Waals surface area contributed by atoms with Gasteiger partial charge in [-0.25, -0.2) is 4.52 Å². The molecule has 0 amide bonds. The predicted molar refractivity (Wildman–Crippen MR) is 63.2 cm³/mol. The molecule has 0 radical (unpaired) electrons. The van der Waals surface area contributed by atoms with Crippen LogP contribution in [0.4, 0.5) is 0 Å². The van der Waals surface area contributed by atoms with Gasteiger partial charge >= 0.3 is 0 Å². The van der Waals surface area contributed by atoms with Crippen LogP contribution in [0.15, 0.2) is 17.3 Å². The molecule has 0 saturated heterocycles. The van der Waals surface area contributed by atoms with Gasteiger partial charge in [-0.1, -0.05) is 0 Å². The number of H-pyrrole nitrogens is 1. The highest BCUT2D eigenvalue weighted by atomic mass is 35.5. The summed E-state index contributed by atoms with van der Waals surface area (Å²) in [4.78, 5) is 14.1. The van der Waals surface area contributed by atoms with Crippen molar-refractivity contribution in [2.75, 3.05) is 19.6 Å². The lowest BCUT2D eigenvalue weighted by Crippen LogP contribution is -2.10. The van der Waals surface area contributed by atoms with Crippen LogP contribution >= 0.6 is 11.6 Å². The zero-order chi connectivity index (χ0) is 12.3. The summed E-state index contributed by atoms with van der Waals surface area (Å²) < 4.78 is 12.1. The first-order valence-electron chi connectivity index (χ1n) is 5.09. The molecule has 0 fully saturated rings. The number of halogens is 1. The van der Waals surface area contributed by atoms with Gasteiger partial charge in [0.25, 0.3) is 5.56 Å². The number of aromatic amines is 1. The van der Waals surface area contributed by atoms with Gasteiger partial charge in [0.15, 0.2) is 17.0 Å². The van der Waals surface area contributed by atoms with Gasteiger partial charge in [-0.3, -0.25) is 4.79 Å².